The molecular formula is C18H25NO2. The fraction of sp³-hybridized carbons (Fsp3) is 0.444. The molecule has 0 spiro atoms. The van der Waals surface area contributed by atoms with Crippen LogP contribution in [0.15, 0.2) is 48.1 Å². The maximum absolute atomic E-state index is 8.95. The van der Waals surface area contributed by atoms with Crippen LogP contribution >= 0.6 is 0 Å². The molecule has 0 radical (unpaired) electrons. The number of ether oxygens (including phenoxy) is 1. The van der Waals surface area contributed by atoms with Crippen molar-refractivity contribution in [3.63, 3.8) is 0 Å². The lowest BCUT2D eigenvalue weighted by atomic mass is 9.96. The first kappa shape index (κ1) is 15.6. The molecule has 3 nitrogen and oxygen atoms in total. The highest BCUT2D eigenvalue weighted by Gasteiger charge is 2.12. The molecule has 1 N–H and O–H groups in total. The largest absolute Gasteiger partial charge is 0.486 e. The van der Waals surface area contributed by atoms with Crippen LogP contribution in [-0.4, -0.2) is 31.4 Å². The normalized spacial score (nSPS) is 17.8. The fourth-order valence-electron chi connectivity index (χ4n) is 2.37. The van der Waals surface area contributed by atoms with Crippen molar-refractivity contribution in [2.45, 2.75) is 26.4 Å². The van der Waals surface area contributed by atoms with Gasteiger partial charge in [0.2, 0.25) is 0 Å². The van der Waals surface area contributed by atoms with Gasteiger partial charge in [-0.15, -0.1) is 0 Å². The van der Waals surface area contributed by atoms with E-state index in [4.69, 9.17) is 9.84 Å². The molecule has 0 aliphatic heterocycles. The van der Waals surface area contributed by atoms with Gasteiger partial charge in [0.1, 0.15) is 11.9 Å². The Morgan fingerprint density at radius 1 is 1.29 bits per heavy atom. The lowest BCUT2D eigenvalue weighted by Crippen LogP contribution is -2.21. The first-order valence-electron chi connectivity index (χ1n) is 7.57. The van der Waals surface area contributed by atoms with Gasteiger partial charge in [0.25, 0.3) is 0 Å². The summed E-state index contributed by atoms with van der Waals surface area (Å²) in [6.45, 7) is 5.21. The Hall–Kier alpha value is -1.74. The highest BCUT2D eigenvalue weighted by Crippen LogP contribution is 2.23. The third kappa shape index (κ3) is 4.36. The van der Waals surface area contributed by atoms with E-state index in [1.807, 2.05) is 36.2 Å². The monoisotopic (exact) mass is 287 g/mol. The van der Waals surface area contributed by atoms with E-state index in [-0.39, 0.29) is 12.7 Å². The molecule has 114 valence electrons. The van der Waals surface area contributed by atoms with Gasteiger partial charge in [-0.25, -0.2) is 0 Å². The molecule has 0 bridgehead atoms. The first-order valence-corrected chi connectivity index (χ1v) is 7.57. The zero-order chi connectivity index (χ0) is 15.2. The summed E-state index contributed by atoms with van der Waals surface area (Å²) in [6, 6.07) is 8.01. The Labute approximate surface area is 127 Å². The molecule has 1 aromatic rings. The van der Waals surface area contributed by atoms with Crippen molar-refractivity contribution in [3.8, 4) is 5.75 Å². The second-order valence-corrected chi connectivity index (χ2v) is 5.75. The molecule has 0 saturated heterocycles. The molecule has 1 unspecified atom stereocenters. The van der Waals surface area contributed by atoms with Gasteiger partial charge >= 0.3 is 0 Å². The van der Waals surface area contributed by atoms with Crippen molar-refractivity contribution >= 4 is 5.69 Å². The molecular weight excluding hydrogens is 262 g/mol. The minimum Gasteiger partial charge on any atom is -0.486 e. The third-order valence-corrected chi connectivity index (χ3v) is 3.76. The van der Waals surface area contributed by atoms with E-state index in [0.29, 0.717) is 12.5 Å². The van der Waals surface area contributed by atoms with Gasteiger partial charge < -0.3 is 14.7 Å². The van der Waals surface area contributed by atoms with Crippen molar-refractivity contribution < 1.29 is 9.84 Å². The maximum Gasteiger partial charge on any atom is 0.121 e. The van der Waals surface area contributed by atoms with Crippen molar-refractivity contribution in [1.82, 2.24) is 0 Å². The fourth-order valence-corrected chi connectivity index (χ4v) is 2.37. The van der Waals surface area contributed by atoms with Crippen molar-refractivity contribution in [2.75, 3.05) is 25.1 Å². The van der Waals surface area contributed by atoms with Crippen molar-refractivity contribution in [2.24, 2.45) is 5.92 Å². The Morgan fingerprint density at radius 3 is 2.52 bits per heavy atom. The molecule has 0 saturated carbocycles. The standard InChI is InChI=1S/C18H25NO2/c1-14(2)15-4-8-17(9-5-15)21-18-10-6-16(7-11-18)19(3)12-13-20/h4-8,10-11,14,17,20H,9,12-13H2,1-3H3. The number of anilines is 1. The molecule has 1 aromatic carbocycles. The summed E-state index contributed by atoms with van der Waals surface area (Å²) in [7, 11) is 1.97. The predicted octanol–water partition coefficient (Wildman–Crippen LogP) is 3.40. The molecule has 0 heterocycles. The zero-order valence-electron chi connectivity index (χ0n) is 13.1. The summed E-state index contributed by atoms with van der Waals surface area (Å²) in [5, 5.41) is 8.95. The highest BCUT2D eigenvalue weighted by atomic mass is 16.5. The summed E-state index contributed by atoms with van der Waals surface area (Å²) in [5.41, 5.74) is 2.47. The van der Waals surface area contributed by atoms with Crippen LogP contribution in [-0.2, 0) is 0 Å². The summed E-state index contributed by atoms with van der Waals surface area (Å²) < 4.78 is 5.98. The number of hydrogen-bond acceptors (Lipinski definition) is 3. The van der Waals surface area contributed by atoms with Crippen molar-refractivity contribution in [3.05, 3.63) is 48.1 Å². The molecule has 0 fully saturated rings. The smallest absolute Gasteiger partial charge is 0.121 e. The average Bonchev–Trinajstić information content (AvgIpc) is 2.49. The molecule has 0 aromatic heterocycles. The Bertz CT molecular complexity index is 502. The summed E-state index contributed by atoms with van der Waals surface area (Å²) in [6.07, 6.45) is 7.62. The van der Waals surface area contributed by atoms with Crippen LogP contribution in [0.25, 0.3) is 0 Å². The highest BCUT2D eigenvalue weighted by molar-refractivity contribution is 5.48. The quantitative estimate of drug-likeness (QED) is 0.870. The second-order valence-electron chi connectivity index (χ2n) is 5.75. The number of likely N-dealkylation sites (N-methyl/N-ethyl adjacent to an activating group) is 1. The minimum absolute atomic E-state index is 0.119. The van der Waals surface area contributed by atoms with Crippen LogP contribution < -0.4 is 9.64 Å². The van der Waals surface area contributed by atoms with Crippen LogP contribution in [0.3, 0.4) is 0 Å². The lowest BCUT2D eigenvalue weighted by Gasteiger charge is -2.21. The van der Waals surface area contributed by atoms with Crippen LogP contribution in [0.2, 0.25) is 0 Å². The Kier molecular flexibility index (Phi) is 5.45. The molecule has 1 aliphatic carbocycles. The van der Waals surface area contributed by atoms with Gasteiger partial charge in [0.15, 0.2) is 0 Å². The van der Waals surface area contributed by atoms with Gasteiger partial charge in [-0.05, 0) is 41.8 Å². The van der Waals surface area contributed by atoms with Gasteiger partial charge in [-0.1, -0.05) is 26.0 Å². The van der Waals surface area contributed by atoms with Gasteiger partial charge in [0.05, 0.1) is 6.61 Å². The van der Waals surface area contributed by atoms with E-state index in [9.17, 15) is 0 Å². The molecule has 2 rings (SSSR count). The zero-order valence-corrected chi connectivity index (χ0v) is 13.1. The Balaban J connectivity index is 1.92. The number of aliphatic hydroxyl groups is 1. The van der Waals surface area contributed by atoms with Crippen LogP contribution in [0.1, 0.15) is 20.3 Å². The number of allylic oxidation sites excluding steroid dienone is 2. The van der Waals surface area contributed by atoms with Crippen LogP contribution in [0.5, 0.6) is 5.75 Å². The predicted molar refractivity (Wildman–Crippen MR) is 87.9 cm³/mol. The molecule has 21 heavy (non-hydrogen) atoms. The minimum atomic E-state index is 0.119. The maximum atomic E-state index is 8.95. The number of nitrogens with zero attached hydrogens (tertiary/aromatic N) is 1. The summed E-state index contributed by atoms with van der Waals surface area (Å²) in [4.78, 5) is 2.02. The SMILES string of the molecule is CC(C)C1=CCC(Oc2ccc(N(C)CCO)cc2)C=C1. The summed E-state index contributed by atoms with van der Waals surface area (Å²) >= 11 is 0. The average molecular weight is 287 g/mol. The van der Waals surface area contributed by atoms with E-state index >= 15 is 0 Å². The van der Waals surface area contributed by atoms with E-state index in [1.54, 1.807) is 0 Å². The number of hydrogen-bond donors (Lipinski definition) is 1. The van der Waals surface area contributed by atoms with E-state index < -0.39 is 0 Å². The molecule has 1 aliphatic rings. The number of aliphatic hydroxyl groups excluding tert-OH is 1. The Morgan fingerprint density at radius 2 is 2.00 bits per heavy atom. The molecule has 3 heteroatoms. The third-order valence-electron chi connectivity index (χ3n) is 3.76. The lowest BCUT2D eigenvalue weighted by molar-refractivity contribution is 0.250. The summed E-state index contributed by atoms with van der Waals surface area (Å²) in [5.74, 6) is 1.45. The van der Waals surface area contributed by atoms with E-state index in [2.05, 4.69) is 32.1 Å². The molecule has 1 atom stereocenters. The number of rotatable bonds is 6. The number of benzene rings is 1. The first-order chi connectivity index (χ1) is 10.1. The van der Waals surface area contributed by atoms with Gasteiger partial charge in [0, 0.05) is 25.7 Å². The topological polar surface area (TPSA) is 32.7 Å². The van der Waals surface area contributed by atoms with Gasteiger partial charge in [-0.3, -0.25) is 0 Å². The van der Waals surface area contributed by atoms with E-state index in [0.717, 1.165) is 17.9 Å². The van der Waals surface area contributed by atoms with Crippen LogP contribution in [0.4, 0.5) is 5.69 Å². The van der Waals surface area contributed by atoms with Gasteiger partial charge in [-0.2, -0.15) is 0 Å². The van der Waals surface area contributed by atoms with Crippen molar-refractivity contribution in [1.29, 1.82) is 0 Å². The second kappa shape index (κ2) is 7.32. The van der Waals surface area contributed by atoms with Crippen LogP contribution in [0, 0.1) is 5.92 Å². The van der Waals surface area contributed by atoms with E-state index in [1.165, 1.54) is 5.57 Å². The molecule has 0 amide bonds.